The highest BCUT2D eigenvalue weighted by atomic mass is 16.3. The van der Waals surface area contributed by atoms with Crippen molar-refractivity contribution in [3.05, 3.63) is 79.5 Å². The molecule has 29 heavy (non-hydrogen) atoms. The van der Waals surface area contributed by atoms with Gasteiger partial charge in [-0.15, -0.1) is 0 Å². The van der Waals surface area contributed by atoms with Crippen molar-refractivity contribution in [2.75, 3.05) is 11.4 Å². The highest BCUT2D eigenvalue weighted by Gasteiger charge is 2.21. The van der Waals surface area contributed by atoms with E-state index in [-0.39, 0.29) is 5.91 Å². The van der Waals surface area contributed by atoms with Crippen molar-refractivity contribution >= 4 is 11.6 Å². The van der Waals surface area contributed by atoms with Gasteiger partial charge in [-0.1, -0.05) is 12.1 Å². The van der Waals surface area contributed by atoms with Crippen LogP contribution in [0.5, 0.6) is 0 Å². The molecule has 1 saturated heterocycles. The van der Waals surface area contributed by atoms with Crippen molar-refractivity contribution < 1.29 is 9.21 Å². The summed E-state index contributed by atoms with van der Waals surface area (Å²) in [4.78, 5) is 22.4. The van der Waals surface area contributed by atoms with Crippen LogP contribution < -0.4 is 4.90 Å². The fourth-order valence-electron chi connectivity index (χ4n) is 3.71. The molecule has 4 heterocycles. The number of carbonyl (C=O) groups is 1. The Labute approximate surface area is 168 Å². The molecule has 0 unspecified atom stereocenters. The molecule has 0 saturated carbocycles. The minimum absolute atomic E-state index is 0.204. The third kappa shape index (κ3) is 3.57. The molecule has 0 aliphatic carbocycles. The fraction of sp³-hybridized carbons (Fsp3) is 0.174. The van der Waals surface area contributed by atoms with E-state index in [1.165, 1.54) is 0 Å². The standard InChI is InChI=1S/C23H20N4O2/c28-23-2-1-9-27(23)21-5-3-17(4-6-21)19-12-20(14-24-13-19)18-7-10-26(15-18)16-22-25-8-11-29-22/h3-8,10-15H,1-2,9,16H2. The third-order valence-electron chi connectivity index (χ3n) is 5.21. The van der Waals surface area contributed by atoms with Gasteiger partial charge >= 0.3 is 0 Å². The highest BCUT2D eigenvalue weighted by molar-refractivity contribution is 5.95. The van der Waals surface area contributed by atoms with Crippen molar-refractivity contribution in [3.8, 4) is 22.3 Å². The Bertz CT molecular complexity index is 1130. The molecule has 5 rings (SSSR count). The Kier molecular flexibility index (Phi) is 4.44. The molecule has 4 aromatic rings. The van der Waals surface area contributed by atoms with Gasteiger partial charge in [-0.25, -0.2) is 4.98 Å². The van der Waals surface area contributed by atoms with E-state index >= 15 is 0 Å². The van der Waals surface area contributed by atoms with Crippen LogP contribution >= 0.6 is 0 Å². The largest absolute Gasteiger partial charge is 0.447 e. The van der Waals surface area contributed by atoms with Crippen LogP contribution in [-0.2, 0) is 11.3 Å². The Morgan fingerprint density at radius 1 is 1.00 bits per heavy atom. The molecule has 1 aliphatic heterocycles. The number of rotatable bonds is 5. The Morgan fingerprint density at radius 3 is 2.55 bits per heavy atom. The summed E-state index contributed by atoms with van der Waals surface area (Å²) in [6, 6.07) is 12.3. The number of hydrogen-bond acceptors (Lipinski definition) is 4. The number of amides is 1. The van der Waals surface area contributed by atoms with Crippen molar-refractivity contribution in [3.63, 3.8) is 0 Å². The van der Waals surface area contributed by atoms with E-state index in [0.29, 0.717) is 18.9 Å². The smallest absolute Gasteiger partial charge is 0.227 e. The van der Waals surface area contributed by atoms with Crippen molar-refractivity contribution in [1.82, 2.24) is 14.5 Å². The molecule has 0 N–H and O–H groups in total. The van der Waals surface area contributed by atoms with Crippen LogP contribution in [0.3, 0.4) is 0 Å². The molecule has 1 aliphatic rings. The van der Waals surface area contributed by atoms with Crippen LogP contribution in [0.4, 0.5) is 5.69 Å². The molecule has 0 bridgehead atoms. The zero-order chi connectivity index (χ0) is 19.6. The Balaban J connectivity index is 1.37. The summed E-state index contributed by atoms with van der Waals surface area (Å²) in [5.41, 5.74) is 5.22. The predicted molar refractivity (Wildman–Crippen MR) is 110 cm³/mol. The van der Waals surface area contributed by atoms with Gasteiger partial charge in [-0.2, -0.15) is 0 Å². The average molecular weight is 384 g/mol. The molecule has 0 atom stereocenters. The normalized spacial score (nSPS) is 13.9. The van der Waals surface area contributed by atoms with Gasteiger partial charge in [0.15, 0.2) is 0 Å². The summed E-state index contributed by atoms with van der Waals surface area (Å²) in [5, 5.41) is 0. The van der Waals surface area contributed by atoms with Crippen LogP contribution in [0.25, 0.3) is 22.3 Å². The first kappa shape index (κ1) is 17.4. The molecule has 144 valence electrons. The lowest BCUT2D eigenvalue weighted by Gasteiger charge is -2.16. The topological polar surface area (TPSA) is 64.2 Å². The van der Waals surface area contributed by atoms with Crippen molar-refractivity contribution in [2.45, 2.75) is 19.4 Å². The number of oxazole rings is 1. The van der Waals surface area contributed by atoms with Crippen LogP contribution in [0.1, 0.15) is 18.7 Å². The molecule has 1 aromatic carbocycles. The molecule has 6 nitrogen and oxygen atoms in total. The van der Waals surface area contributed by atoms with Gasteiger partial charge in [0.05, 0.1) is 12.7 Å². The van der Waals surface area contributed by atoms with Crippen LogP contribution in [-0.4, -0.2) is 27.0 Å². The molecule has 0 radical (unpaired) electrons. The minimum atomic E-state index is 0.204. The van der Waals surface area contributed by atoms with E-state index in [0.717, 1.165) is 40.9 Å². The van der Waals surface area contributed by atoms with Crippen LogP contribution in [0.15, 0.2) is 78.1 Å². The molecular formula is C23H20N4O2. The van der Waals surface area contributed by atoms with E-state index in [4.69, 9.17) is 4.42 Å². The number of nitrogens with zero attached hydrogens (tertiary/aromatic N) is 4. The fourth-order valence-corrected chi connectivity index (χ4v) is 3.71. The first-order valence-electron chi connectivity index (χ1n) is 9.67. The summed E-state index contributed by atoms with van der Waals surface area (Å²) in [7, 11) is 0. The van der Waals surface area contributed by atoms with Gasteiger partial charge in [0.2, 0.25) is 11.8 Å². The summed E-state index contributed by atoms with van der Waals surface area (Å²) in [5.74, 6) is 0.881. The molecule has 1 fully saturated rings. The number of benzene rings is 1. The summed E-state index contributed by atoms with van der Waals surface area (Å²) in [6.07, 6.45) is 12.6. The van der Waals surface area contributed by atoms with Gasteiger partial charge in [-0.05, 0) is 36.2 Å². The quantitative estimate of drug-likeness (QED) is 0.512. The second kappa shape index (κ2) is 7.39. The van der Waals surface area contributed by atoms with Gasteiger partial charge in [0.1, 0.15) is 6.26 Å². The summed E-state index contributed by atoms with van der Waals surface area (Å²) in [6.45, 7) is 1.40. The maximum Gasteiger partial charge on any atom is 0.227 e. The number of aromatic nitrogens is 3. The highest BCUT2D eigenvalue weighted by Crippen LogP contribution is 2.28. The number of pyridine rings is 1. The molecule has 0 spiro atoms. The molecular weight excluding hydrogens is 364 g/mol. The maximum absolute atomic E-state index is 11.9. The van der Waals surface area contributed by atoms with E-state index in [9.17, 15) is 4.79 Å². The number of anilines is 1. The molecule has 6 heteroatoms. The van der Waals surface area contributed by atoms with E-state index in [1.807, 2.05) is 40.2 Å². The second-order valence-electron chi connectivity index (χ2n) is 7.16. The predicted octanol–water partition coefficient (Wildman–Crippen LogP) is 4.38. The molecule has 1 amide bonds. The zero-order valence-electron chi connectivity index (χ0n) is 15.9. The lowest BCUT2D eigenvalue weighted by Crippen LogP contribution is -2.23. The van der Waals surface area contributed by atoms with Gasteiger partial charge in [0, 0.05) is 60.1 Å². The second-order valence-corrected chi connectivity index (χ2v) is 7.16. The van der Waals surface area contributed by atoms with Gasteiger partial charge < -0.3 is 13.9 Å². The minimum Gasteiger partial charge on any atom is -0.447 e. The van der Waals surface area contributed by atoms with Crippen LogP contribution in [0, 0.1) is 0 Å². The van der Waals surface area contributed by atoms with E-state index < -0.39 is 0 Å². The first-order chi connectivity index (χ1) is 14.3. The summed E-state index contributed by atoms with van der Waals surface area (Å²) >= 11 is 0. The first-order valence-corrected chi connectivity index (χ1v) is 9.67. The lowest BCUT2D eigenvalue weighted by molar-refractivity contribution is -0.117. The van der Waals surface area contributed by atoms with Crippen LogP contribution in [0.2, 0.25) is 0 Å². The Morgan fingerprint density at radius 2 is 1.83 bits per heavy atom. The Hall–Kier alpha value is -3.67. The zero-order valence-corrected chi connectivity index (χ0v) is 15.9. The third-order valence-corrected chi connectivity index (χ3v) is 5.21. The summed E-state index contributed by atoms with van der Waals surface area (Å²) < 4.78 is 7.35. The maximum atomic E-state index is 11.9. The van der Waals surface area contributed by atoms with Gasteiger partial charge in [-0.3, -0.25) is 9.78 Å². The lowest BCUT2D eigenvalue weighted by atomic mass is 10.0. The van der Waals surface area contributed by atoms with Gasteiger partial charge in [0.25, 0.3) is 0 Å². The number of hydrogen-bond donors (Lipinski definition) is 0. The SMILES string of the molecule is O=C1CCCN1c1ccc(-c2cncc(-c3ccn(Cc4ncco4)c3)c2)cc1. The van der Waals surface area contributed by atoms with Crippen molar-refractivity contribution in [1.29, 1.82) is 0 Å². The average Bonchev–Trinajstić information content (AvgIpc) is 3.51. The monoisotopic (exact) mass is 384 g/mol. The van der Waals surface area contributed by atoms with E-state index in [1.54, 1.807) is 12.5 Å². The van der Waals surface area contributed by atoms with E-state index in [2.05, 4.69) is 40.4 Å². The molecule has 3 aromatic heterocycles. The number of carbonyl (C=O) groups excluding carboxylic acids is 1. The van der Waals surface area contributed by atoms with Crippen molar-refractivity contribution in [2.24, 2.45) is 0 Å².